The maximum Gasteiger partial charge on any atom is 0.166 e. The Hall–Kier alpha value is -1.12. The van der Waals surface area contributed by atoms with Gasteiger partial charge in [0.15, 0.2) is 5.78 Å². The number of aromatic nitrogens is 2. The molecule has 0 unspecified atom stereocenters. The molecule has 0 aromatic carbocycles. The number of Topliss-reactive ketones (excluding diaryl/α,β-unsaturated/α-hetero) is 1. The second-order valence-corrected chi connectivity index (χ2v) is 2.59. The van der Waals surface area contributed by atoms with Crippen molar-refractivity contribution in [3.63, 3.8) is 0 Å². The van der Waals surface area contributed by atoms with Crippen LogP contribution in [-0.4, -0.2) is 15.6 Å². The van der Waals surface area contributed by atoms with Crippen molar-refractivity contribution in [2.45, 2.75) is 12.8 Å². The molecule has 0 radical (unpaired) electrons. The van der Waals surface area contributed by atoms with E-state index >= 15 is 0 Å². The zero-order chi connectivity index (χ0) is 7.14. The molecule has 52 valence electrons. The fraction of sp³-hybridized carbons (Fsp3) is 0.429. The van der Waals surface area contributed by atoms with E-state index in [0.717, 1.165) is 17.7 Å². The molecule has 0 saturated heterocycles. The van der Waals surface area contributed by atoms with E-state index in [0.29, 0.717) is 6.42 Å². The first-order valence-electron chi connectivity index (χ1n) is 3.33. The van der Waals surface area contributed by atoms with Gasteiger partial charge in [-0.1, -0.05) is 0 Å². The van der Waals surface area contributed by atoms with Crippen molar-refractivity contribution in [1.82, 2.24) is 9.78 Å². The lowest BCUT2D eigenvalue weighted by Gasteiger charge is -1.85. The highest BCUT2D eigenvalue weighted by molar-refractivity contribution is 5.99. The molecule has 0 saturated carbocycles. The Labute approximate surface area is 58.7 Å². The molecule has 0 N–H and O–H groups in total. The Kier molecular flexibility index (Phi) is 0.952. The summed E-state index contributed by atoms with van der Waals surface area (Å²) in [5.41, 5.74) is 1.79. The molecule has 0 fully saturated rings. The van der Waals surface area contributed by atoms with Crippen molar-refractivity contribution >= 4 is 5.78 Å². The first-order valence-corrected chi connectivity index (χ1v) is 3.33. The van der Waals surface area contributed by atoms with Crippen molar-refractivity contribution in [3.05, 3.63) is 17.5 Å². The molecule has 0 amide bonds. The number of nitrogens with zero attached hydrogens (tertiary/aromatic N) is 2. The Morgan fingerprint density at radius 1 is 1.60 bits per heavy atom. The zero-order valence-corrected chi connectivity index (χ0v) is 5.79. The van der Waals surface area contributed by atoms with Gasteiger partial charge in [0.25, 0.3) is 0 Å². The van der Waals surface area contributed by atoms with E-state index in [2.05, 4.69) is 5.10 Å². The van der Waals surface area contributed by atoms with Gasteiger partial charge in [-0.05, 0) is 6.42 Å². The normalized spacial score (nSPS) is 15.9. The Balaban J connectivity index is 2.59. The third-order valence-electron chi connectivity index (χ3n) is 1.79. The largest absolute Gasteiger partial charge is 0.294 e. The molecule has 0 spiro atoms. The molecule has 1 aliphatic carbocycles. The fourth-order valence-corrected chi connectivity index (χ4v) is 1.32. The Bertz CT molecular complexity index is 288. The van der Waals surface area contributed by atoms with E-state index in [1.807, 2.05) is 7.05 Å². The zero-order valence-electron chi connectivity index (χ0n) is 5.79. The van der Waals surface area contributed by atoms with Crippen LogP contribution in [0.2, 0.25) is 0 Å². The number of carbonyl (C=O) groups excluding carboxylic acids is 1. The molecule has 0 atom stereocenters. The topological polar surface area (TPSA) is 34.9 Å². The first-order chi connectivity index (χ1) is 4.77. The number of fused-ring (bicyclic) bond motifs is 1. The number of aryl methyl sites for hydroxylation is 2. The van der Waals surface area contributed by atoms with Crippen LogP contribution in [0.5, 0.6) is 0 Å². The van der Waals surface area contributed by atoms with Gasteiger partial charge >= 0.3 is 0 Å². The average Bonchev–Trinajstić information content (AvgIpc) is 2.35. The van der Waals surface area contributed by atoms with Gasteiger partial charge in [0.1, 0.15) is 0 Å². The van der Waals surface area contributed by atoms with E-state index < -0.39 is 0 Å². The predicted octanol–water partition coefficient (Wildman–Crippen LogP) is 0.549. The SMILES string of the molecule is Cn1cc2c(n1)CCC2=O. The van der Waals surface area contributed by atoms with Crippen LogP contribution in [0.25, 0.3) is 0 Å². The van der Waals surface area contributed by atoms with E-state index in [1.165, 1.54) is 0 Å². The summed E-state index contributed by atoms with van der Waals surface area (Å²) in [5.74, 6) is 0.239. The molecule has 1 aliphatic rings. The van der Waals surface area contributed by atoms with Gasteiger partial charge in [0.2, 0.25) is 0 Å². The van der Waals surface area contributed by atoms with Crippen LogP contribution in [0.3, 0.4) is 0 Å². The Morgan fingerprint density at radius 3 is 3.10 bits per heavy atom. The minimum absolute atomic E-state index is 0.239. The van der Waals surface area contributed by atoms with Crippen LogP contribution in [0.1, 0.15) is 22.5 Å². The summed E-state index contributed by atoms with van der Waals surface area (Å²) in [6.45, 7) is 0. The molecular weight excluding hydrogens is 128 g/mol. The van der Waals surface area contributed by atoms with Crippen LogP contribution in [0.4, 0.5) is 0 Å². The second kappa shape index (κ2) is 1.68. The summed E-state index contributed by atoms with van der Waals surface area (Å²) in [7, 11) is 1.84. The summed E-state index contributed by atoms with van der Waals surface area (Å²) in [4.78, 5) is 11.0. The third kappa shape index (κ3) is 0.602. The van der Waals surface area contributed by atoms with Crippen molar-refractivity contribution in [1.29, 1.82) is 0 Å². The van der Waals surface area contributed by atoms with Crippen LogP contribution < -0.4 is 0 Å². The smallest absolute Gasteiger partial charge is 0.166 e. The summed E-state index contributed by atoms with van der Waals surface area (Å²) in [5, 5.41) is 4.14. The van der Waals surface area contributed by atoms with Gasteiger partial charge in [-0.3, -0.25) is 9.48 Å². The molecule has 2 rings (SSSR count). The maximum absolute atomic E-state index is 11.0. The van der Waals surface area contributed by atoms with Crippen molar-refractivity contribution in [3.8, 4) is 0 Å². The molecule has 0 bridgehead atoms. The second-order valence-electron chi connectivity index (χ2n) is 2.59. The van der Waals surface area contributed by atoms with Crippen molar-refractivity contribution in [2.75, 3.05) is 0 Å². The highest BCUT2D eigenvalue weighted by Crippen LogP contribution is 2.18. The van der Waals surface area contributed by atoms with Crippen molar-refractivity contribution < 1.29 is 4.79 Å². The quantitative estimate of drug-likeness (QED) is 0.522. The third-order valence-corrected chi connectivity index (χ3v) is 1.79. The highest BCUT2D eigenvalue weighted by Gasteiger charge is 2.21. The van der Waals surface area contributed by atoms with Crippen LogP contribution in [0, 0.1) is 0 Å². The average molecular weight is 136 g/mol. The summed E-state index contributed by atoms with van der Waals surface area (Å²) in [6.07, 6.45) is 3.28. The lowest BCUT2D eigenvalue weighted by atomic mass is 10.3. The van der Waals surface area contributed by atoms with Gasteiger partial charge < -0.3 is 0 Å². The first kappa shape index (κ1) is 5.65. The van der Waals surface area contributed by atoms with E-state index in [-0.39, 0.29) is 5.78 Å². The summed E-state index contributed by atoms with van der Waals surface area (Å²) in [6, 6.07) is 0. The lowest BCUT2D eigenvalue weighted by Crippen LogP contribution is -1.92. The molecule has 10 heavy (non-hydrogen) atoms. The molecule has 3 heteroatoms. The Morgan fingerprint density at radius 2 is 2.40 bits per heavy atom. The minimum Gasteiger partial charge on any atom is -0.294 e. The number of carbonyl (C=O) groups is 1. The minimum atomic E-state index is 0.239. The van der Waals surface area contributed by atoms with Crippen LogP contribution in [0.15, 0.2) is 6.20 Å². The molecule has 1 aromatic heterocycles. The number of rotatable bonds is 0. The standard InChI is InChI=1S/C7H8N2O/c1-9-4-5-6(8-9)2-3-7(5)10/h4H,2-3H2,1H3. The van der Waals surface area contributed by atoms with Crippen LogP contribution >= 0.6 is 0 Å². The van der Waals surface area contributed by atoms with E-state index in [9.17, 15) is 4.79 Å². The number of ketones is 1. The van der Waals surface area contributed by atoms with Gasteiger partial charge in [-0.2, -0.15) is 5.10 Å². The van der Waals surface area contributed by atoms with E-state index in [1.54, 1.807) is 10.9 Å². The highest BCUT2D eigenvalue weighted by atomic mass is 16.1. The van der Waals surface area contributed by atoms with Gasteiger partial charge in [-0.15, -0.1) is 0 Å². The van der Waals surface area contributed by atoms with E-state index in [4.69, 9.17) is 0 Å². The summed E-state index contributed by atoms with van der Waals surface area (Å²) >= 11 is 0. The predicted molar refractivity (Wildman–Crippen MR) is 35.9 cm³/mol. The van der Waals surface area contributed by atoms with Gasteiger partial charge in [0.05, 0.1) is 11.3 Å². The number of hydrogen-bond acceptors (Lipinski definition) is 2. The molecule has 3 nitrogen and oxygen atoms in total. The molecule has 1 heterocycles. The monoisotopic (exact) mass is 136 g/mol. The lowest BCUT2D eigenvalue weighted by molar-refractivity contribution is 0.0994. The van der Waals surface area contributed by atoms with Gasteiger partial charge in [0, 0.05) is 19.7 Å². The van der Waals surface area contributed by atoms with Crippen molar-refractivity contribution in [2.24, 2.45) is 7.05 Å². The maximum atomic E-state index is 11.0. The summed E-state index contributed by atoms with van der Waals surface area (Å²) < 4.78 is 1.70. The van der Waals surface area contributed by atoms with Gasteiger partial charge in [-0.25, -0.2) is 0 Å². The molecule has 1 aromatic rings. The fourth-order valence-electron chi connectivity index (χ4n) is 1.32. The van der Waals surface area contributed by atoms with Crippen LogP contribution in [-0.2, 0) is 13.5 Å². The molecule has 0 aliphatic heterocycles. The number of hydrogen-bond donors (Lipinski definition) is 0. The molecular formula is C7H8N2O.